The smallest absolute Gasteiger partial charge is 0.416 e. The Labute approximate surface area is 420 Å². The summed E-state index contributed by atoms with van der Waals surface area (Å²) < 4.78 is 60.4. The minimum Gasteiger partial charge on any atom is -0.493 e. The van der Waals surface area contributed by atoms with E-state index in [1.54, 1.807) is 52.7 Å². The van der Waals surface area contributed by atoms with Crippen LogP contribution >= 0.6 is 0 Å². The lowest BCUT2D eigenvalue weighted by atomic mass is 9.73. The number of rotatable bonds is 14. The zero-order valence-corrected chi connectivity index (χ0v) is 41.0. The van der Waals surface area contributed by atoms with Gasteiger partial charge in [-0.05, 0) is 79.5 Å². The third-order valence-corrected chi connectivity index (χ3v) is 13.9. The lowest BCUT2D eigenvalue weighted by Gasteiger charge is -2.41. The van der Waals surface area contributed by atoms with Gasteiger partial charge in [-0.2, -0.15) is 23.1 Å². The molecule has 0 aliphatic carbocycles. The fourth-order valence-corrected chi connectivity index (χ4v) is 9.59. The van der Waals surface area contributed by atoms with Crippen molar-refractivity contribution >= 4 is 57.2 Å². The van der Waals surface area contributed by atoms with E-state index in [2.05, 4.69) is 20.3 Å². The molecule has 4 heterocycles. The van der Waals surface area contributed by atoms with Crippen molar-refractivity contribution < 1.29 is 46.8 Å². The first-order valence-corrected chi connectivity index (χ1v) is 23.7. The number of hydrogen-bond donors (Lipinski definition) is 4. The Kier molecular flexibility index (Phi) is 15.3. The molecule has 382 valence electrons. The molecule has 1 amide bonds. The van der Waals surface area contributed by atoms with Gasteiger partial charge in [0.15, 0.2) is 23.0 Å². The number of anilines is 4. The van der Waals surface area contributed by atoms with E-state index in [4.69, 9.17) is 35.4 Å². The molecule has 73 heavy (non-hydrogen) atoms. The first-order valence-electron chi connectivity index (χ1n) is 23.7. The normalized spacial score (nSPS) is 15.2. The molecule has 0 saturated carbocycles. The van der Waals surface area contributed by atoms with Crippen LogP contribution in [0.5, 0.6) is 23.0 Å². The Balaban J connectivity index is 0.000000204. The molecule has 0 bridgehead atoms. The van der Waals surface area contributed by atoms with Crippen molar-refractivity contribution in [1.82, 2.24) is 25.3 Å². The first kappa shape index (κ1) is 51.3. The number of ether oxygens (including phenoxy) is 4. The zero-order chi connectivity index (χ0) is 51.9. The number of alkyl halides is 3. The zero-order valence-electron chi connectivity index (χ0n) is 41.0. The molecule has 2 aliphatic rings. The summed E-state index contributed by atoms with van der Waals surface area (Å²) in [5.41, 5.74) is 14.2. The summed E-state index contributed by atoms with van der Waals surface area (Å²) in [5, 5.41) is 14.3. The van der Waals surface area contributed by atoms with Gasteiger partial charge in [-0.1, -0.05) is 72.8 Å². The number of benzene rings is 5. The summed E-state index contributed by atoms with van der Waals surface area (Å²) >= 11 is 0. The molecule has 19 heteroatoms. The minimum atomic E-state index is -4.41. The SMILES string of the molecule is COc1cc2nc(N3CCC(Cc4ccccc4)(C(=O)NCc4ccc(C(F)(F)F)cc4)CC3)nc(N)c2cc1OC.COc1cc2nc(N3CCC(Cc4ccccc4)(C(=O)O)CC3)nc(N)c2cc1OC. The Hall–Kier alpha value is -8.09. The maximum atomic E-state index is 13.7. The van der Waals surface area contributed by atoms with Gasteiger partial charge in [0.25, 0.3) is 0 Å². The number of nitrogens with zero attached hydrogens (tertiary/aromatic N) is 6. The van der Waals surface area contributed by atoms with E-state index in [1.165, 1.54) is 12.1 Å². The first-order chi connectivity index (χ1) is 35.1. The number of carboxylic acid groups (broad SMARTS) is 1. The largest absolute Gasteiger partial charge is 0.493 e. The van der Waals surface area contributed by atoms with E-state index in [0.717, 1.165) is 23.3 Å². The van der Waals surface area contributed by atoms with Crippen LogP contribution in [0.25, 0.3) is 21.8 Å². The van der Waals surface area contributed by atoms with Crippen molar-refractivity contribution in [3.63, 3.8) is 0 Å². The number of halogens is 3. The molecule has 2 aliphatic heterocycles. The summed E-state index contributed by atoms with van der Waals surface area (Å²) in [6.45, 7) is 2.24. The molecule has 0 atom stereocenters. The van der Waals surface area contributed by atoms with E-state index >= 15 is 0 Å². The Morgan fingerprint density at radius 3 is 1.38 bits per heavy atom. The van der Waals surface area contributed by atoms with Crippen LogP contribution in [-0.4, -0.2) is 91.5 Å². The van der Waals surface area contributed by atoms with Crippen molar-refractivity contribution in [3.8, 4) is 23.0 Å². The maximum Gasteiger partial charge on any atom is 0.416 e. The molecule has 7 aromatic rings. The number of nitrogens with one attached hydrogen (secondary N) is 1. The van der Waals surface area contributed by atoms with Gasteiger partial charge >= 0.3 is 12.1 Å². The van der Waals surface area contributed by atoms with E-state index < -0.39 is 28.5 Å². The van der Waals surface area contributed by atoms with Crippen LogP contribution in [0.1, 0.15) is 47.9 Å². The molecule has 16 nitrogen and oxygen atoms in total. The van der Waals surface area contributed by atoms with Gasteiger partial charge in [-0.15, -0.1) is 0 Å². The van der Waals surface area contributed by atoms with Crippen LogP contribution in [0, 0.1) is 10.8 Å². The Bertz CT molecular complexity index is 3060. The van der Waals surface area contributed by atoms with Gasteiger partial charge in [-0.3, -0.25) is 9.59 Å². The number of nitrogens with two attached hydrogens (primary N) is 2. The monoisotopic (exact) mass is 1000 g/mol. The highest BCUT2D eigenvalue weighted by atomic mass is 19.4. The van der Waals surface area contributed by atoms with Crippen molar-refractivity contribution in [3.05, 3.63) is 131 Å². The summed E-state index contributed by atoms with van der Waals surface area (Å²) in [6.07, 6.45) is -1.32. The fourth-order valence-electron chi connectivity index (χ4n) is 9.59. The third-order valence-electron chi connectivity index (χ3n) is 13.9. The number of carbonyl (C=O) groups is 2. The Morgan fingerprint density at radius 2 is 0.986 bits per heavy atom. The van der Waals surface area contributed by atoms with E-state index in [9.17, 15) is 27.9 Å². The summed E-state index contributed by atoms with van der Waals surface area (Å²) in [4.78, 5) is 48.4. The Morgan fingerprint density at radius 1 is 0.589 bits per heavy atom. The number of fused-ring (bicyclic) bond motifs is 2. The minimum absolute atomic E-state index is 0.132. The van der Waals surface area contributed by atoms with Crippen LogP contribution < -0.4 is 45.5 Å². The molecule has 6 N–H and O–H groups in total. The van der Waals surface area contributed by atoms with Gasteiger partial charge in [0.1, 0.15) is 11.6 Å². The molecule has 0 unspecified atom stereocenters. The topological polar surface area (TPSA) is 213 Å². The third kappa shape index (κ3) is 11.3. The number of carboxylic acids is 1. The van der Waals surface area contributed by atoms with Crippen LogP contribution in [0.4, 0.5) is 36.7 Å². The number of aliphatic carboxylic acids is 1. The number of methoxy groups -OCH3 is 4. The van der Waals surface area contributed by atoms with Crippen molar-refractivity contribution in [2.24, 2.45) is 10.8 Å². The second kappa shape index (κ2) is 21.7. The van der Waals surface area contributed by atoms with Gasteiger partial charge in [0, 0.05) is 55.6 Å². The molecule has 0 radical (unpaired) electrons. The highest BCUT2D eigenvalue weighted by molar-refractivity contribution is 5.93. The predicted octanol–water partition coefficient (Wildman–Crippen LogP) is 8.54. The lowest BCUT2D eigenvalue weighted by Crippen LogP contribution is -2.50. The van der Waals surface area contributed by atoms with Crippen molar-refractivity contribution in [2.45, 2.75) is 51.2 Å². The van der Waals surface area contributed by atoms with Gasteiger partial charge in [-0.25, -0.2) is 9.97 Å². The van der Waals surface area contributed by atoms with Crippen molar-refractivity contribution in [2.75, 3.05) is 75.9 Å². The molecule has 2 aromatic heterocycles. The van der Waals surface area contributed by atoms with Gasteiger partial charge in [0.2, 0.25) is 17.8 Å². The number of hydrogen-bond acceptors (Lipinski definition) is 14. The highest BCUT2D eigenvalue weighted by Gasteiger charge is 2.43. The average molecular weight is 1000 g/mol. The van der Waals surface area contributed by atoms with Crippen LogP contribution in [0.2, 0.25) is 0 Å². The van der Waals surface area contributed by atoms with Crippen LogP contribution in [0.15, 0.2) is 109 Å². The molecular formula is C54H58F3N9O7. The standard InChI is InChI=1S/C31H32F3N5O3.C23H26N4O4/c1-41-25-16-23-24(17-26(25)42-2)37-29(38-27(23)35)39-14-12-30(13-15-39,18-20-6-4-3-5-7-20)28(40)36-19-21-8-10-22(11-9-21)31(32,33)34;1-30-18-12-16-17(13-19(18)31-2)25-22(26-20(16)24)27-10-8-23(9-11-27,21(28)29)14-15-6-4-3-5-7-15/h3-11,16-17H,12-15,18-19H2,1-2H3,(H,36,40)(H2,35,37,38);3-7,12-13H,8-11,14H2,1-2H3,(H,28,29)(H2,24,25,26). The summed E-state index contributed by atoms with van der Waals surface area (Å²) in [6, 6.07) is 31.4. The lowest BCUT2D eigenvalue weighted by molar-refractivity contribution is -0.150. The fraction of sp³-hybridized carbons (Fsp3) is 0.333. The molecule has 9 rings (SSSR count). The number of amides is 1. The van der Waals surface area contributed by atoms with Crippen LogP contribution in [-0.2, 0) is 35.2 Å². The second-order valence-electron chi connectivity index (χ2n) is 18.3. The van der Waals surface area contributed by atoms with Gasteiger partial charge < -0.3 is 50.6 Å². The van der Waals surface area contributed by atoms with Crippen LogP contribution in [0.3, 0.4) is 0 Å². The predicted molar refractivity (Wildman–Crippen MR) is 273 cm³/mol. The number of piperidine rings is 2. The van der Waals surface area contributed by atoms with E-state index in [1.807, 2.05) is 70.5 Å². The molecule has 5 aromatic carbocycles. The maximum absolute atomic E-state index is 13.7. The average Bonchev–Trinajstić information content (AvgIpc) is 3.40. The quantitative estimate of drug-likeness (QED) is 0.0804. The number of nitrogen functional groups attached to an aromatic ring is 2. The summed E-state index contributed by atoms with van der Waals surface area (Å²) in [5.74, 6) is 2.90. The second-order valence-corrected chi connectivity index (χ2v) is 18.3. The number of aromatic nitrogens is 4. The molecule has 0 spiro atoms. The van der Waals surface area contributed by atoms with E-state index in [0.29, 0.717) is 139 Å². The summed E-state index contributed by atoms with van der Waals surface area (Å²) in [7, 11) is 6.23. The van der Waals surface area contributed by atoms with Gasteiger partial charge in [0.05, 0.1) is 55.9 Å². The van der Waals surface area contributed by atoms with Crippen molar-refractivity contribution in [1.29, 1.82) is 0 Å². The molecule has 2 fully saturated rings. The molecular weight excluding hydrogens is 944 g/mol. The highest BCUT2D eigenvalue weighted by Crippen LogP contribution is 2.41. The molecule has 2 saturated heterocycles. The number of carbonyl (C=O) groups excluding carboxylic acids is 1. The van der Waals surface area contributed by atoms with E-state index in [-0.39, 0.29) is 12.5 Å².